The van der Waals surface area contributed by atoms with Crippen molar-refractivity contribution < 1.29 is 22.5 Å². The van der Waals surface area contributed by atoms with Crippen molar-refractivity contribution in [2.75, 3.05) is 16.6 Å². The van der Waals surface area contributed by atoms with Gasteiger partial charge in [0.05, 0.1) is 17.2 Å². The summed E-state index contributed by atoms with van der Waals surface area (Å²) in [5, 5.41) is 15.7. The number of ether oxygens (including phenoxy) is 1. The van der Waals surface area contributed by atoms with Crippen LogP contribution in [-0.4, -0.2) is 26.1 Å². The second-order valence-corrected chi connectivity index (χ2v) is 8.66. The maximum absolute atomic E-state index is 12.6. The smallest absolute Gasteiger partial charge is 0.266 e. The molecule has 0 aliphatic carbocycles. The fourth-order valence-electron chi connectivity index (χ4n) is 2.75. The maximum atomic E-state index is 12.6. The summed E-state index contributed by atoms with van der Waals surface area (Å²) in [4.78, 5) is 12.5. The standard InChI is InChI=1S/C23H22N4O5S/c1-4-31-20-9-5-17(6-10-20)13-18(14-24)22(28)25-19-7-11-21(12-8-19)33(29,30)27-23-15(2)16(3)26-32-23/h5-13,27H,4H2,1-3H3,(H,25,28). The van der Waals surface area contributed by atoms with Crippen molar-refractivity contribution >= 4 is 33.6 Å². The lowest BCUT2D eigenvalue weighted by Gasteiger charge is -2.08. The number of aromatic nitrogens is 1. The number of hydrogen-bond donors (Lipinski definition) is 2. The van der Waals surface area contributed by atoms with E-state index in [4.69, 9.17) is 9.26 Å². The Labute approximate surface area is 191 Å². The summed E-state index contributed by atoms with van der Waals surface area (Å²) in [5.41, 5.74) is 2.06. The Kier molecular flexibility index (Phi) is 7.15. The van der Waals surface area contributed by atoms with Crippen molar-refractivity contribution in [3.8, 4) is 11.8 Å². The van der Waals surface area contributed by atoms with Crippen molar-refractivity contribution in [1.29, 1.82) is 5.26 Å². The Morgan fingerprint density at radius 3 is 2.36 bits per heavy atom. The Balaban J connectivity index is 1.71. The van der Waals surface area contributed by atoms with Gasteiger partial charge in [-0.25, -0.2) is 13.1 Å². The van der Waals surface area contributed by atoms with Crippen LogP contribution in [0.25, 0.3) is 6.08 Å². The highest BCUT2D eigenvalue weighted by Gasteiger charge is 2.19. The van der Waals surface area contributed by atoms with Gasteiger partial charge in [-0.05, 0) is 68.8 Å². The molecule has 0 saturated heterocycles. The van der Waals surface area contributed by atoms with Crippen molar-refractivity contribution in [2.45, 2.75) is 25.7 Å². The number of carbonyl (C=O) groups excluding carboxylic acids is 1. The van der Waals surface area contributed by atoms with E-state index in [9.17, 15) is 18.5 Å². The highest BCUT2D eigenvalue weighted by atomic mass is 32.2. The number of hydrogen-bond acceptors (Lipinski definition) is 7. The Morgan fingerprint density at radius 2 is 1.82 bits per heavy atom. The van der Waals surface area contributed by atoms with Gasteiger partial charge in [0.25, 0.3) is 15.9 Å². The first-order valence-corrected chi connectivity index (χ1v) is 11.4. The minimum Gasteiger partial charge on any atom is -0.494 e. The lowest BCUT2D eigenvalue weighted by molar-refractivity contribution is -0.112. The first-order chi connectivity index (χ1) is 15.7. The molecule has 0 spiro atoms. The molecule has 2 aromatic carbocycles. The van der Waals surface area contributed by atoms with Crippen LogP contribution >= 0.6 is 0 Å². The summed E-state index contributed by atoms with van der Waals surface area (Å²) in [6.07, 6.45) is 1.45. The molecule has 33 heavy (non-hydrogen) atoms. The third kappa shape index (κ3) is 5.78. The normalized spacial score (nSPS) is 11.5. The number of nitriles is 1. The van der Waals surface area contributed by atoms with Gasteiger partial charge in [-0.3, -0.25) is 4.79 Å². The average Bonchev–Trinajstić information content (AvgIpc) is 3.10. The second-order valence-electron chi connectivity index (χ2n) is 6.98. The Bertz CT molecular complexity index is 1320. The topological polar surface area (TPSA) is 134 Å². The maximum Gasteiger partial charge on any atom is 0.266 e. The van der Waals surface area contributed by atoms with Crippen LogP contribution in [0.1, 0.15) is 23.7 Å². The number of aryl methyl sites for hydroxylation is 1. The molecule has 0 aliphatic heterocycles. The summed E-state index contributed by atoms with van der Waals surface area (Å²) < 4.78 is 37.9. The van der Waals surface area contributed by atoms with Crippen molar-refractivity contribution in [1.82, 2.24) is 5.16 Å². The summed E-state index contributed by atoms with van der Waals surface area (Å²) in [7, 11) is -3.91. The van der Waals surface area contributed by atoms with Crippen LogP contribution < -0.4 is 14.8 Å². The van der Waals surface area contributed by atoms with Crippen LogP contribution in [-0.2, 0) is 14.8 Å². The van der Waals surface area contributed by atoms with Crippen molar-refractivity contribution in [2.24, 2.45) is 0 Å². The molecule has 0 radical (unpaired) electrons. The zero-order valence-corrected chi connectivity index (χ0v) is 19.1. The fourth-order valence-corrected chi connectivity index (χ4v) is 3.80. The molecule has 0 bridgehead atoms. The molecule has 2 N–H and O–H groups in total. The molecule has 170 valence electrons. The SMILES string of the molecule is CCOc1ccc(C=C(C#N)C(=O)Nc2ccc(S(=O)(=O)Nc3onc(C)c3C)cc2)cc1. The average molecular weight is 467 g/mol. The second kappa shape index (κ2) is 10.0. The zero-order valence-electron chi connectivity index (χ0n) is 18.2. The van der Waals surface area contributed by atoms with Crippen LogP contribution in [0.3, 0.4) is 0 Å². The molecular formula is C23H22N4O5S. The predicted molar refractivity (Wildman–Crippen MR) is 123 cm³/mol. The first-order valence-electron chi connectivity index (χ1n) is 9.95. The summed E-state index contributed by atoms with van der Waals surface area (Å²) in [5.74, 6) is 0.117. The van der Waals surface area contributed by atoms with Crippen LogP contribution in [0.4, 0.5) is 11.6 Å². The molecule has 9 nitrogen and oxygen atoms in total. The summed E-state index contributed by atoms with van der Waals surface area (Å²) in [6, 6.07) is 14.4. The number of nitrogens with zero attached hydrogens (tertiary/aromatic N) is 2. The van der Waals surface area contributed by atoms with Gasteiger partial charge in [-0.1, -0.05) is 17.3 Å². The molecule has 3 rings (SSSR count). The molecule has 10 heteroatoms. The summed E-state index contributed by atoms with van der Waals surface area (Å²) in [6.45, 7) is 5.81. The van der Waals surface area contributed by atoms with E-state index < -0.39 is 15.9 Å². The van der Waals surface area contributed by atoms with E-state index in [-0.39, 0.29) is 16.4 Å². The molecule has 0 aliphatic rings. The first kappa shape index (κ1) is 23.6. The molecule has 0 fully saturated rings. The fraction of sp³-hybridized carbons (Fsp3) is 0.174. The summed E-state index contributed by atoms with van der Waals surface area (Å²) >= 11 is 0. The van der Waals surface area contributed by atoms with Gasteiger partial charge in [0.2, 0.25) is 5.88 Å². The lowest BCUT2D eigenvalue weighted by atomic mass is 10.1. The van der Waals surface area contributed by atoms with Crippen molar-refractivity contribution in [3.05, 3.63) is 70.9 Å². The lowest BCUT2D eigenvalue weighted by Crippen LogP contribution is -2.15. The predicted octanol–water partition coefficient (Wildman–Crippen LogP) is 4.04. The minimum atomic E-state index is -3.91. The van der Waals surface area contributed by atoms with E-state index in [0.717, 1.165) is 0 Å². The number of rotatable bonds is 8. The highest BCUT2D eigenvalue weighted by Crippen LogP contribution is 2.23. The monoisotopic (exact) mass is 466 g/mol. The number of carbonyl (C=O) groups is 1. The largest absolute Gasteiger partial charge is 0.494 e. The van der Waals surface area contributed by atoms with Gasteiger partial charge < -0.3 is 14.6 Å². The van der Waals surface area contributed by atoms with Crippen LogP contribution in [0.5, 0.6) is 5.75 Å². The highest BCUT2D eigenvalue weighted by molar-refractivity contribution is 7.92. The van der Waals surface area contributed by atoms with Gasteiger partial charge in [-0.2, -0.15) is 5.26 Å². The molecule has 1 aromatic heterocycles. The number of amides is 1. The molecule has 3 aromatic rings. The van der Waals surface area contributed by atoms with E-state index in [0.29, 0.717) is 34.9 Å². The van der Waals surface area contributed by atoms with Crippen LogP contribution in [0.15, 0.2) is 63.5 Å². The molecule has 0 unspecified atom stereocenters. The van der Waals surface area contributed by atoms with E-state index in [1.54, 1.807) is 38.1 Å². The van der Waals surface area contributed by atoms with E-state index in [1.165, 1.54) is 30.3 Å². The molecule has 1 heterocycles. The zero-order chi connectivity index (χ0) is 24.0. The van der Waals surface area contributed by atoms with Crippen LogP contribution in [0.2, 0.25) is 0 Å². The Morgan fingerprint density at radius 1 is 1.15 bits per heavy atom. The van der Waals surface area contributed by atoms with Gasteiger partial charge in [0.15, 0.2) is 0 Å². The van der Waals surface area contributed by atoms with Gasteiger partial charge >= 0.3 is 0 Å². The van der Waals surface area contributed by atoms with Crippen molar-refractivity contribution in [3.63, 3.8) is 0 Å². The number of benzene rings is 2. The van der Waals surface area contributed by atoms with E-state index >= 15 is 0 Å². The van der Waals surface area contributed by atoms with E-state index in [2.05, 4.69) is 15.2 Å². The van der Waals surface area contributed by atoms with Gasteiger partial charge in [0, 0.05) is 11.3 Å². The van der Waals surface area contributed by atoms with Crippen LogP contribution in [0, 0.1) is 25.2 Å². The van der Waals surface area contributed by atoms with Gasteiger partial charge in [0.1, 0.15) is 17.4 Å². The Hall–Kier alpha value is -4.10. The number of sulfonamides is 1. The minimum absolute atomic E-state index is 0.0283. The quantitative estimate of drug-likeness (QED) is 0.378. The van der Waals surface area contributed by atoms with E-state index in [1.807, 2.05) is 13.0 Å². The third-order valence-electron chi connectivity index (χ3n) is 4.67. The molecule has 0 atom stereocenters. The third-order valence-corrected chi connectivity index (χ3v) is 6.02. The molecule has 1 amide bonds. The van der Waals surface area contributed by atoms with Gasteiger partial charge in [-0.15, -0.1) is 0 Å². The number of anilines is 2. The number of nitrogens with one attached hydrogen (secondary N) is 2. The molecular weight excluding hydrogens is 444 g/mol. The molecule has 0 saturated carbocycles.